The van der Waals surface area contributed by atoms with Gasteiger partial charge in [0.2, 0.25) is 0 Å². The van der Waals surface area contributed by atoms with E-state index in [0.717, 1.165) is 5.56 Å². The third-order valence-electron chi connectivity index (χ3n) is 3.03. The van der Waals surface area contributed by atoms with Crippen LogP contribution in [0.5, 0.6) is 11.5 Å². The minimum Gasteiger partial charge on any atom is -0.493 e. The lowest BCUT2D eigenvalue weighted by atomic mass is 10.1. The summed E-state index contributed by atoms with van der Waals surface area (Å²) in [6, 6.07) is 12.7. The second kappa shape index (κ2) is 6.10. The smallest absolute Gasteiger partial charge is 0.255 e. The van der Waals surface area contributed by atoms with E-state index in [1.54, 1.807) is 38.5 Å². The van der Waals surface area contributed by atoms with E-state index in [4.69, 9.17) is 9.47 Å². The number of carbonyl (C=O) groups excluding carboxylic acids is 1. The Labute approximate surface area is 118 Å². The largest absolute Gasteiger partial charge is 0.493 e. The molecule has 104 valence electrons. The van der Waals surface area contributed by atoms with Gasteiger partial charge in [0.05, 0.1) is 14.2 Å². The number of benzene rings is 2. The molecule has 2 aromatic rings. The number of amides is 1. The second-order valence-corrected chi connectivity index (χ2v) is 4.34. The molecule has 20 heavy (non-hydrogen) atoms. The van der Waals surface area contributed by atoms with Crippen LogP contribution in [0.3, 0.4) is 0 Å². The standard InChI is InChI=1S/C16H17NO3/c1-11-6-4-5-7-13(11)16(18)17-12-8-9-14(19-2)15(10-12)20-3/h4-10H,1-3H3,(H,17,18). The Morgan fingerprint density at radius 3 is 2.35 bits per heavy atom. The summed E-state index contributed by atoms with van der Waals surface area (Å²) < 4.78 is 10.4. The topological polar surface area (TPSA) is 47.6 Å². The quantitative estimate of drug-likeness (QED) is 0.928. The molecule has 0 atom stereocenters. The highest BCUT2D eigenvalue weighted by Crippen LogP contribution is 2.29. The van der Waals surface area contributed by atoms with Gasteiger partial charge in [-0.3, -0.25) is 4.79 Å². The first-order valence-electron chi connectivity index (χ1n) is 6.24. The van der Waals surface area contributed by atoms with Gasteiger partial charge in [-0.15, -0.1) is 0 Å². The molecule has 0 unspecified atom stereocenters. The van der Waals surface area contributed by atoms with Crippen molar-refractivity contribution in [2.45, 2.75) is 6.92 Å². The van der Waals surface area contributed by atoms with Crippen molar-refractivity contribution in [3.05, 3.63) is 53.6 Å². The molecule has 0 heterocycles. The van der Waals surface area contributed by atoms with Gasteiger partial charge < -0.3 is 14.8 Å². The summed E-state index contributed by atoms with van der Waals surface area (Å²) in [7, 11) is 3.13. The van der Waals surface area contributed by atoms with Crippen LogP contribution in [-0.2, 0) is 0 Å². The number of carbonyl (C=O) groups is 1. The molecule has 4 nitrogen and oxygen atoms in total. The van der Waals surface area contributed by atoms with E-state index < -0.39 is 0 Å². The van der Waals surface area contributed by atoms with Crippen LogP contribution in [0.15, 0.2) is 42.5 Å². The lowest BCUT2D eigenvalue weighted by molar-refractivity contribution is 0.102. The first-order valence-corrected chi connectivity index (χ1v) is 6.24. The van der Waals surface area contributed by atoms with Gasteiger partial charge in [-0.25, -0.2) is 0 Å². The van der Waals surface area contributed by atoms with Crippen LogP contribution in [-0.4, -0.2) is 20.1 Å². The number of methoxy groups -OCH3 is 2. The SMILES string of the molecule is COc1ccc(NC(=O)c2ccccc2C)cc1OC. The summed E-state index contributed by atoms with van der Waals surface area (Å²) in [6.45, 7) is 1.91. The molecule has 1 amide bonds. The highest BCUT2D eigenvalue weighted by molar-refractivity contribution is 6.05. The summed E-state index contributed by atoms with van der Waals surface area (Å²) in [5.74, 6) is 1.06. The molecule has 0 spiro atoms. The molecular weight excluding hydrogens is 254 g/mol. The van der Waals surface area contributed by atoms with Crippen LogP contribution in [0.1, 0.15) is 15.9 Å². The molecule has 0 aliphatic rings. The number of rotatable bonds is 4. The van der Waals surface area contributed by atoms with E-state index in [-0.39, 0.29) is 5.91 Å². The van der Waals surface area contributed by atoms with E-state index in [2.05, 4.69) is 5.32 Å². The Bertz CT molecular complexity index is 623. The van der Waals surface area contributed by atoms with Crippen molar-refractivity contribution in [2.24, 2.45) is 0 Å². The fourth-order valence-corrected chi connectivity index (χ4v) is 1.94. The van der Waals surface area contributed by atoms with Crippen molar-refractivity contribution in [1.29, 1.82) is 0 Å². The number of hydrogen-bond donors (Lipinski definition) is 1. The van der Waals surface area contributed by atoms with Crippen molar-refractivity contribution in [1.82, 2.24) is 0 Å². The summed E-state index contributed by atoms with van der Waals surface area (Å²) in [5.41, 5.74) is 2.25. The minimum atomic E-state index is -0.143. The van der Waals surface area contributed by atoms with Crippen LogP contribution in [0.2, 0.25) is 0 Å². The number of hydrogen-bond acceptors (Lipinski definition) is 3. The fourth-order valence-electron chi connectivity index (χ4n) is 1.94. The van der Waals surface area contributed by atoms with Gasteiger partial charge in [0.25, 0.3) is 5.91 Å². The van der Waals surface area contributed by atoms with Crippen molar-refractivity contribution in [3.63, 3.8) is 0 Å². The van der Waals surface area contributed by atoms with E-state index >= 15 is 0 Å². The predicted octanol–water partition coefficient (Wildman–Crippen LogP) is 3.26. The highest BCUT2D eigenvalue weighted by Gasteiger charge is 2.10. The normalized spacial score (nSPS) is 9.95. The zero-order valence-corrected chi connectivity index (χ0v) is 11.8. The maximum absolute atomic E-state index is 12.2. The first-order chi connectivity index (χ1) is 9.65. The lowest BCUT2D eigenvalue weighted by Crippen LogP contribution is -2.13. The Balaban J connectivity index is 2.22. The maximum Gasteiger partial charge on any atom is 0.255 e. The highest BCUT2D eigenvalue weighted by atomic mass is 16.5. The van der Waals surface area contributed by atoms with Crippen molar-refractivity contribution < 1.29 is 14.3 Å². The molecular formula is C16H17NO3. The number of nitrogens with one attached hydrogen (secondary N) is 1. The molecule has 2 aromatic carbocycles. The average molecular weight is 271 g/mol. The molecule has 0 aromatic heterocycles. The third kappa shape index (κ3) is 2.91. The van der Waals surface area contributed by atoms with Crippen LogP contribution in [0.25, 0.3) is 0 Å². The second-order valence-electron chi connectivity index (χ2n) is 4.34. The summed E-state index contributed by atoms with van der Waals surface area (Å²) in [6.07, 6.45) is 0. The zero-order valence-electron chi connectivity index (χ0n) is 11.8. The molecule has 1 N–H and O–H groups in total. The molecule has 0 saturated heterocycles. The molecule has 0 bridgehead atoms. The van der Waals surface area contributed by atoms with Gasteiger partial charge in [0, 0.05) is 17.3 Å². The molecule has 0 fully saturated rings. The fraction of sp³-hybridized carbons (Fsp3) is 0.188. The Kier molecular flexibility index (Phi) is 4.25. The molecule has 2 rings (SSSR count). The lowest BCUT2D eigenvalue weighted by Gasteiger charge is -2.11. The monoisotopic (exact) mass is 271 g/mol. The van der Waals surface area contributed by atoms with Gasteiger partial charge in [-0.1, -0.05) is 18.2 Å². The molecule has 0 aliphatic heterocycles. The number of aryl methyl sites for hydroxylation is 1. The van der Waals surface area contributed by atoms with Crippen LogP contribution < -0.4 is 14.8 Å². The molecule has 4 heteroatoms. The predicted molar refractivity (Wildman–Crippen MR) is 78.7 cm³/mol. The van der Waals surface area contributed by atoms with Gasteiger partial charge in [0.15, 0.2) is 11.5 Å². The van der Waals surface area contributed by atoms with E-state index in [9.17, 15) is 4.79 Å². The summed E-state index contributed by atoms with van der Waals surface area (Å²) in [4.78, 5) is 12.2. The zero-order chi connectivity index (χ0) is 14.5. The first kappa shape index (κ1) is 13.9. The molecule has 0 saturated carbocycles. The van der Waals surface area contributed by atoms with Crippen molar-refractivity contribution in [2.75, 3.05) is 19.5 Å². The van der Waals surface area contributed by atoms with Crippen LogP contribution in [0, 0.1) is 6.92 Å². The van der Waals surface area contributed by atoms with Crippen LogP contribution in [0.4, 0.5) is 5.69 Å². The number of ether oxygens (including phenoxy) is 2. The van der Waals surface area contributed by atoms with Gasteiger partial charge >= 0.3 is 0 Å². The third-order valence-corrected chi connectivity index (χ3v) is 3.03. The van der Waals surface area contributed by atoms with Crippen LogP contribution >= 0.6 is 0 Å². The van der Waals surface area contributed by atoms with E-state index in [0.29, 0.717) is 22.7 Å². The summed E-state index contributed by atoms with van der Waals surface area (Å²) in [5, 5.41) is 2.85. The summed E-state index contributed by atoms with van der Waals surface area (Å²) >= 11 is 0. The van der Waals surface area contributed by atoms with Gasteiger partial charge in [-0.2, -0.15) is 0 Å². The molecule has 0 aliphatic carbocycles. The van der Waals surface area contributed by atoms with Crippen molar-refractivity contribution in [3.8, 4) is 11.5 Å². The van der Waals surface area contributed by atoms with E-state index in [1.807, 2.05) is 25.1 Å². The van der Waals surface area contributed by atoms with Gasteiger partial charge in [-0.05, 0) is 30.7 Å². The van der Waals surface area contributed by atoms with E-state index in [1.165, 1.54) is 0 Å². The Hall–Kier alpha value is -2.49. The van der Waals surface area contributed by atoms with Gasteiger partial charge in [0.1, 0.15) is 0 Å². The molecule has 0 radical (unpaired) electrons. The van der Waals surface area contributed by atoms with Crippen molar-refractivity contribution >= 4 is 11.6 Å². The average Bonchev–Trinajstić information content (AvgIpc) is 2.47. The number of anilines is 1. The Morgan fingerprint density at radius 2 is 1.70 bits per heavy atom. The Morgan fingerprint density at radius 1 is 1.00 bits per heavy atom. The minimum absolute atomic E-state index is 0.143. The maximum atomic E-state index is 12.2.